The zero-order valence-electron chi connectivity index (χ0n) is 31.5. The molecule has 0 saturated carbocycles. The van der Waals surface area contributed by atoms with Crippen LogP contribution < -0.4 is 9.47 Å². The van der Waals surface area contributed by atoms with Crippen LogP contribution in [0.5, 0.6) is 11.5 Å². The summed E-state index contributed by atoms with van der Waals surface area (Å²) in [5, 5.41) is 18.7. The highest BCUT2D eigenvalue weighted by atomic mass is 79.9. The van der Waals surface area contributed by atoms with E-state index >= 15 is 0 Å². The van der Waals surface area contributed by atoms with Crippen LogP contribution in [0.2, 0.25) is 0 Å². The maximum atomic E-state index is 14.4. The normalized spacial score (nSPS) is 12.9. The molecule has 2 unspecified atom stereocenters. The van der Waals surface area contributed by atoms with E-state index in [0.717, 1.165) is 24.3 Å². The number of halogens is 8. The molecular weight excluding hydrogens is 906 g/mol. The van der Waals surface area contributed by atoms with Crippen molar-refractivity contribution in [3.8, 4) is 22.6 Å². The molecule has 0 heterocycles. The zero-order chi connectivity index (χ0) is 42.6. The van der Waals surface area contributed by atoms with Crippen molar-refractivity contribution in [2.45, 2.75) is 76.9 Å². The second-order valence-corrected chi connectivity index (χ2v) is 14.9. The van der Waals surface area contributed by atoms with Gasteiger partial charge in [0.2, 0.25) is 0 Å². The third-order valence-corrected chi connectivity index (χ3v) is 10.2. The Morgan fingerprint density at radius 3 is 1.26 bits per heavy atom. The molecule has 2 N–H and O–H groups in total. The predicted molar refractivity (Wildman–Crippen MR) is 211 cm³/mol. The quantitative estimate of drug-likeness (QED) is 0.0628. The Labute approximate surface area is 348 Å². The van der Waals surface area contributed by atoms with Gasteiger partial charge in [-0.15, -0.1) is 0 Å². The first-order valence-corrected chi connectivity index (χ1v) is 19.9. The Balaban J connectivity index is 1.40. The van der Waals surface area contributed by atoms with Gasteiger partial charge in [-0.1, -0.05) is 36.4 Å². The van der Waals surface area contributed by atoms with Crippen LogP contribution in [-0.2, 0) is 57.1 Å². The number of benzene rings is 4. The molecule has 58 heavy (non-hydrogen) atoms. The first-order chi connectivity index (χ1) is 27.4. The van der Waals surface area contributed by atoms with Crippen LogP contribution >= 0.6 is 31.9 Å². The Morgan fingerprint density at radius 2 is 0.948 bits per heavy atom. The number of hydrogen-bond acceptors (Lipinski definition) is 6. The summed E-state index contributed by atoms with van der Waals surface area (Å²) in [7, 11) is 0. The van der Waals surface area contributed by atoms with Crippen molar-refractivity contribution in [3.63, 3.8) is 0 Å². The van der Waals surface area contributed by atoms with E-state index < -0.39 is 58.8 Å². The van der Waals surface area contributed by atoms with Crippen LogP contribution in [0.1, 0.15) is 60.1 Å². The van der Waals surface area contributed by atoms with E-state index in [9.17, 15) is 46.1 Å². The van der Waals surface area contributed by atoms with E-state index in [1.165, 1.54) is 12.1 Å². The molecule has 16 heteroatoms. The second kappa shape index (κ2) is 21.2. The van der Waals surface area contributed by atoms with Crippen LogP contribution in [0.4, 0.5) is 26.3 Å². The largest absolute Gasteiger partial charge is 0.492 e. The van der Waals surface area contributed by atoms with E-state index in [1.807, 2.05) is 0 Å². The molecule has 0 radical (unpaired) electrons. The molecule has 4 aromatic rings. The molecule has 314 valence electrons. The van der Waals surface area contributed by atoms with Gasteiger partial charge in [-0.05, 0) is 141 Å². The van der Waals surface area contributed by atoms with E-state index in [1.54, 1.807) is 50.2 Å². The summed E-state index contributed by atoms with van der Waals surface area (Å²) >= 11 is 6.79. The highest BCUT2D eigenvalue weighted by Gasteiger charge is 2.38. The van der Waals surface area contributed by atoms with Gasteiger partial charge < -0.3 is 29.2 Å². The average Bonchev–Trinajstić information content (AvgIpc) is 3.15. The first kappa shape index (κ1) is 46.6. The van der Waals surface area contributed by atoms with Crippen LogP contribution in [0.25, 0.3) is 11.1 Å². The van der Waals surface area contributed by atoms with Gasteiger partial charge in [0.25, 0.3) is 0 Å². The SMILES string of the molecule is CCOC(Cc1ccc(OCCCc2ccc(-c3ccc(CCCOc4ccc(CC(OCC)C(=O)O)cc4Br)cc3C(F)(F)F)c(C(F)(F)F)c2)c(Br)c1)C(=O)O. The van der Waals surface area contributed by atoms with Gasteiger partial charge in [0.1, 0.15) is 11.5 Å². The minimum absolute atomic E-state index is 0.121. The fraction of sp³-hybridized carbons (Fsp3) is 0.381. The van der Waals surface area contributed by atoms with Crippen molar-refractivity contribution in [2.75, 3.05) is 26.4 Å². The molecule has 0 aliphatic rings. The summed E-state index contributed by atoms with van der Waals surface area (Å²) in [6.07, 6.45) is -10.7. The van der Waals surface area contributed by atoms with Gasteiger partial charge in [-0.25, -0.2) is 9.59 Å². The van der Waals surface area contributed by atoms with E-state index in [4.69, 9.17) is 18.9 Å². The summed E-state index contributed by atoms with van der Waals surface area (Å²) in [6, 6.07) is 16.7. The minimum Gasteiger partial charge on any atom is -0.492 e. The molecule has 0 spiro atoms. The Morgan fingerprint density at radius 1 is 0.586 bits per heavy atom. The number of hydrogen-bond donors (Lipinski definition) is 2. The molecule has 4 aromatic carbocycles. The summed E-state index contributed by atoms with van der Waals surface area (Å²) in [4.78, 5) is 22.8. The van der Waals surface area contributed by atoms with Crippen molar-refractivity contribution in [3.05, 3.63) is 115 Å². The third kappa shape index (κ3) is 13.5. The molecule has 2 atom stereocenters. The monoisotopic (exact) mass is 946 g/mol. The van der Waals surface area contributed by atoms with Crippen molar-refractivity contribution in [1.82, 2.24) is 0 Å². The Bertz CT molecular complexity index is 1880. The average molecular weight is 949 g/mol. The number of ether oxygens (including phenoxy) is 4. The fourth-order valence-corrected chi connectivity index (χ4v) is 7.27. The number of carbonyl (C=O) groups is 2. The lowest BCUT2D eigenvalue weighted by Crippen LogP contribution is -2.26. The lowest BCUT2D eigenvalue weighted by Gasteiger charge is -2.20. The Hall–Kier alpha value is -4.12. The number of aryl methyl sites for hydroxylation is 2. The maximum Gasteiger partial charge on any atom is 0.417 e. The molecule has 0 fully saturated rings. The van der Waals surface area contributed by atoms with Crippen molar-refractivity contribution >= 4 is 43.8 Å². The Kier molecular flexibility index (Phi) is 17.0. The van der Waals surface area contributed by atoms with Crippen LogP contribution in [0.3, 0.4) is 0 Å². The van der Waals surface area contributed by atoms with E-state index in [0.29, 0.717) is 44.4 Å². The van der Waals surface area contributed by atoms with Gasteiger partial charge in [-0.2, -0.15) is 26.3 Å². The standard InChI is InChI=1S/C42H42Br2F6O8/c1-3-55-37(39(51)52)23-27-11-15-35(33(43)21-27)57-17-5-7-25-9-13-29(31(19-25)41(45,46)47)30-14-10-26(20-32(30)42(48,49)50)8-6-18-58-36-16-12-28(22-34(36)44)24-38(40(53)54)56-4-2/h9-16,19-22,37-38H,3-8,17-18,23-24H2,1-2H3,(H,51,52)(H,53,54). The second-order valence-electron chi connectivity index (χ2n) is 13.2. The maximum absolute atomic E-state index is 14.4. The molecular formula is C42H42Br2F6O8. The number of alkyl halides is 6. The topological polar surface area (TPSA) is 112 Å². The number of carboxylic acids is 2. The molecule has 0 aromatic heterocycles. The molecule has 0 aliphatic heterocycles. The van der Waals surface area contributed by atoms with Gasteiger partial charge in [0, 0.05) is 26.1 Å². The highest BCUT2D eigenvalue weighted by molar-refractivity contribution is 9.11. The number of aliphatic carboxylic acids is 2. The minimum atomic E-state index is -4.94. The smallest absolute Gasteiger partial charge is 0.417 e. The van der Waals surface area contributed by atoms with Gasteiger partial charge in [-0.3, -0.25) is 0 Å². The molecule has 4 rings (SSSR count). The molecule has 0 saturated heterocycles. The van der Waals surface area contributed by atoms with Gasteiger partial charge in [0.05, 0.1) is 33.3 Å². The molecule has 0 aliphatic carbocycles. The molecule has 8 nitrogen and oxygen atoms in total. The van der Waals surface area contributed by atoms with Crippen LogP contribution in [-0.4, -0.2) is 60.8 Å². The lowest BCUT2D eigenvalue weighted by molar-refractivity contribution is -0.150. The molecule has 0 bridgehead atoms. The van der Waals surface area contributed by atoms with Crippen LogP contribution in [0.15, 0.2) is 81.7 Å². The highest BCUT2D eigenvalue weighted by Crippen LogP contribution is 2.43. The van der Waals surface area contributed by atoms with Crippen molar-refractivity contribution in [1.29, 1.82) is 0 Å². The summed E-state index contributed by atoms with van der Waals surface area (Å²) in [6.45, 7) is 4.11. The summed E-state index contributed by atoms with van der Waals surface area (Å²) < 4.78 is 110. The van der Waals surface area contributed by atoms with Crippen molar-refractivity contribution in [2.24, 2.45) is 0 Å². The predicted octanol–water partition coefficient (Wildman–Crippen LogP) is 11.0. The summed E-state index contributed by atoms with van der Waals surface area (Å²) in [5.74, 6) is -1.28. The van der Waals surface area contributed by atoms with Gasteiger partial charge in [0.15, 0.2) is 12.2 Å². The van der Waals surface area contributed by atoms with Crippen molar-refractivity contribution < 1.29 is 65.1 Å². The number of rotatable bonds is 21. The third-order valence-electron chi connectivity index (χ3n) is 8.92. The van der Waals surface area contributed by atoms with E-state index in [-0.39, 0.29) is 63.2 Å². The number of carboxylic acid groups (broad SMARTS) is 2. The van der Waals surface area contributed by atoms with E-state index in [2.05, 4.69) is 31.9 Å². The summed E-state index contributed by atoms with van der Waals surface area (Å²) in [5.41, 5.74) is -1.62. The zero-order valence-corrected chi connectivity index (χ0v) is 34.7. The lowest BCUT2D eigenvalue weighted by atomic mass is 9.91. The van der Waals surface area contributed by atoms with Gasteiger partial charge >= 0.3 is 24.3 Å². The van der Waals surface area contributed by atoms with Crippen LogP contribution in [0, 0.1) is 0 Å². The fourth-order valence-electron chi connectivity index (χ4n) is 6.19. The first-order valence-electron chi connectivity index (χ1n) is 18.3. The molecule has 0 amide bonds.